The van der Waals surface area contributed by atoms with Gasteiger partial charge in [0, 0.05) is 13.2 Å². The standard InChI is InChI=1S/C15H32O2Si2/c1-18(2)14(10-6-8-12-16-14)15(19(3,4)5)11-7-9-13-17-15/h18H,6-13H2,1-5H3. The van der Waals surface area contributed by atoms with Gasteiger partial charge in [-0.15, -0.1) is 0 Å². The van der Waals surface area contributed by atoms with E-state index in [4.69, 9.17) is 9.47 Å². The van der Waals surface area contributed by atoms with Crippen LogP contribution in [0.25, 0.3) is 0 Å². The molecule has 0 amide bonds. The minimum atomic E-state index is -1.44. The van der Waals surface area contributed by atoms with Gasteiger partial charge in [0.1, 0.15) is 0 Å². The zero-order valence-electron chi connectivity index (χ0n) is 13.6. The molecule has 2 fully saturated rings. The molecule has 2 rings (SSSR count). The number of rotatable bonds is 3. The second-order valence-corrected chi connectivity index (χ2v) is 16.3. The zero-order chi connectivity index (χ0) is 14.1. The molecule has 0 spiro atoms. The first-order valence-corrected chi connectivity index (χ1v) is 14.5. The van der Waals surface area contributed by atoms with Gasteiger partial charge in [-0.25, -0.2) is 0 Å². The van der Waals surface area contributed by atoms with Gasteiger partial charge in [0.05, 0.1) is 27.3 Å². The molecule has 0 aromatic rings. The highest BCUT2D eigenvalue weighted by Crippen LogP contribution is 2.49. The van der Waals surface area contributed by atoms with Crippen molar-refractivity contribution in [1.82, 2.24) is 0 Å². The molecule has 0 bridgehead atoms. The Morgan fingerprint density at radius 3 is 1.79 bits per heavy atom. The first kappa shape index (κ1) is 15.7. The molecule has 4 heteroatoms. The first-order valence-electron chi connectivity index (χ1n) is 8.14. The average molecular weight is 301 g/mol. The molecule has 0 aliphatic carbocycles. The molecule has 0 saturated carbocycles. The lowest BCUT2D eigenvalue weighted by atomic mass is 9.96. The van der Waals surface area contributed by atoms with Gasteiger partial charge in [-0.3, -0.25) is 0 Å². The maximum Gasteiger partial charge on any atom is 0.0857 e. The monoisotopic (exact) mass is 300 g/mol. The summed E-state index contributed by atoms with van der Waals surface area (Å²) in [6.07, 6.45) is 7.64. The summed E-state index contributed by atoms with van der Waals surface area (Å²) in [5, 5.41) is 0.190. The van der Waals surface area contributed by atoms with Gasteiger partial charge in [-0.2, -0.15) is 0 Å². The first-order chi connectivity index (χ1) is 8.86. The summed E-state index contributed by atoms with van der Waals surface area (Å²) >= 11 is 0. The fourth-order valence-corrected chi connectivity index (χ4v) is 11.9. The van der Waals surface area contributed by atoms with Crippen LogP contribution in [0.5, 0.6) is 0 Å². The summed E-state index contributed by atoms with van der Waals surface area (Å²) in [5.41, 5.74) is 0. The van der Waals surface area contributed by atoms with Gasteiger partial charge in [0.2, 0.25) is 0 Å². The summed E-state index contributed by atoms with van der Waals surface area (Å²) < 4.78 is 13.2. The predicted octanol–water partition coefficient (Wildman–Crippen LogP) is 3.77. The van der Waals surface area contributed by atoms with Crippen LogP contribution >= 0.6 is 0 Å². The van der Waals surface area contributed by atoms with Crippen molar-refractivity contribution in [2.45, 2.75) is 81.7 Å². The maximum absolute atomic E-state index is 6.61. The van der Waals surface area contributed by atoms with Crippen molar-refractivity contribution in [2.75, 3.05) is 13.2 Å². The quantitative estimate of drug-likeness (QED) is 0.739. The van der Waals surface area contributed by atoms with Gasteiger partial charge in [0.15, 0.2) is 0 Å². The Morgan fingerprint density at radius 1 is 0.842 bits per heavy atom. The van der Waals surface area contributed by atoms with Crippen LogP contribution in [-0.2, 0) is 9.47 Å². The van der Waals surface area contributed by atoms with Crippen LogP contribution in [0.3, 0.4) is 0 Å². The van der Waals surface area contributed by atoms with Crippen molar-refractivity contribution in [3.8, 4) is 0 Å². The Labute approximate surface area is 121 Å². The highest BCUT2D eigenvalue weighted by molar-refractivity contribution is 6.81. The van der Waals surface area contributed by atoms with E-state index < -0.39 is 16.9 Å². The van der Waals surface area contributed by atoms with Crippen LogP contribution in [0.15, 0.2) is 0 Å². The summed E-state index contributed by atoms with van der Waals surface area (Å²) in [5.74, 6) is 0. The Morgan fingerprint density at radius 2 is 1.42 bits per heavy atom. The molecule has 0 aromatic carbocycles. The molecule has 2 nitrogen and oxygen atoms in total. The van der Waals surface area contributed by atoms with Crippen LogP contribution in [0, 0.1) is 0 Å². The molecule has 0 N–H and O–H groups in total. The SMILES string of the molecule is C[SiH](C)C1(C2([Si](C)(C)C)CCCCO2)CCCCO1. The fourth-order valence-electron chi connectivity index (χ4n) is 4.41. The fraction of sp³-hybridized carbons (Fsp3) is 1.00. The van der Waals surface area contributed by atoms with Crippen LogP contribution in [-0.4, -0.2) is 40.5 Å². The normalized spacial score (nSPS) is 37.6. The molecule has 0 aromatic heterocycles. The molecular formula is C15H32O2Si2. The molecule has 112 valence electrons. The Balaban J connectivity index is 2.44. The van der Waals surface area contributed by atoms with E-state index in [1.807, 2.05) is 0 Å². The van der Waals surface area contributed by atoms with E-state index in [9.17, 15) is 0 Å². The summed E-state index contributed by atoms with van der Waals surface area (Å²) in [7, 11) is -2.38. The molecule has 0 radical (unpaired) electrons. The van der Waals surface area contributed by atoms with E-state index >= 15 is 0 Å². The van der Waals surface area contributed by atoms with Crippen LogP contribution in [0.1, 0.15) is 38.5 Å². The van der Waals surface area contributed by atoms with E-state index in [1.54, 1.807) is 0 Å². The Bertz CT molecular complexity index is 298. The number of hydrogen-bond donors (Lipinski definition) is 0. The van der Waals surface area contributed by atoms with E-state index in [2.05, 4.69) is 32.7 Å². The van der Waals surface area contributed by atoms with Gasteiger partial charge in [-0.1, -0.05) is 32.7 Å². The smallest absolute Gasteiger partial charge is 0.0857 e. The summed E-state index contributed by atoms with van der Waals surface area (Å²) in [4.78, 5) is 0. The average Bonchev–Trinajstić information content (AvgIpc) is 2.39. The molecule has 2 atom stereocenters. The van der Waals surface area contributed by atoms with Crippen LogP contribution in [0.2, 0.25) is 32.7 Å². The predicted molar refractivity (Wildman–Crippen MR) is 87.3 cm³/mol. The second kappa shape index (κ2) is 5.62. The van der Waals surface area contributed by atoms with Gasteiger partial charge < -0.3 is 9.47 Å². The highest BCUT2D eigenvalue weighted by atomic mass is 28.3. The topological polar surface area (TPSA) is 18.5 Å². The molecule has 2 aliphatic heterocycles. The maximum atomic E-state index is 6.61. The largest absolute Gasteiger partial charge is 0.376 e. The van der Waals surface area contributed by atoms with E-state index in [1.165, 1.54) is 38.5 Å². The molecule has 19 heavy (non-hydrogen) atoms. The second-order valence-electron chi connectivity index (χ2n) is 7.73. The molecule has 2 heterocycles. The zero-order valence-corrected chi connectivity index (χ0v) is 15.7. The molecule has 2 unspecified atom stereocenters. The number of hydrogen-bond acceptors (Lipinski definition) is 2. The summed E-state index contributed by atoms with van der Waals surface area (Å²) in [6.45, 7) is 14.4. The lowest BCUT2D eigenvalue weighted by molar-refractivity contribution is -0.166. The molecular weight excluding hydrogens is 268 g/mol. The van der Waals surface area contributed by atoms with E-state index in [0.29, 0.717) is 0 Å². The van der Waals surface area contributed by atoms with Crippen molar-refractivity contribution in [1.29, 1.82) is 0 Å². The van der Waals surface area contributed by atoms with Crippen molar-refractivity contribution in [2.24, 2.45) is 0 Å². The van der Waals surface area contributed by atoms with Crippen molar-refractivity contribution < 1.29 is 9.47 Å². The van der Waals surface area contributed by atoms with Crippen LogP contribution < -0.4 is 0 Å². The third-order valence-corrected chi connectivity index (χ3v) is 11.7. The van der Waals surface area contributed by atoms with Crippen molar-refractivity contribution >= 4 is 16.9 Å². The third kappa shape index (κ3) is 2.50. The van der Waals surface area contributed by atoms with E-state index in [-0.39, 0.29) is 10.4 Å². The van der Waals surface area contributed by atoms with Crippen LogP contribution in [0.4, 0.5) is 0 Å². The van der Waals surface area contributed by atoms with Gasteiger partial charge >= 0.3 is 0 Å². The minimum absolute atomic E-state index is 0.0824. The highest BCUT2D eigenvalue weighted by Gasteiger charge is 2.62. The summed E-state index contributed by atoms with van der Waals surface area (Å²) in [6, 6.07) is 0. The molecule has 2 aliphatic rings. The Hall–Kier alpha value is 0.354. The van der Waals surface area contributed by atoms with Gasteiger partial charge in [0.25, 0.3) is 0 Å². The molecule has 2 saturated heterocycles. The lowest BCUT2D eigenvalue weighted by Crippen LogP contribution is -2.75. The van der Waals surface area contributed by atoms with Gasteiger partial charge in [-0.05, 0) is 38.5 Å². The number of ether oxygens (including phenoxy) is 2. The van der Waals surface area contributed by atoms with Crippen molar-refractivity contribution in [3.63, 3.8) is 0 Å². The third-order valence-electron chi connectivity index (χ3n) is 5.40. The van der Waals surface area contributed by atoms with Crippen molar-refractivity contribution in [3.05, 3.63) is 0 Å². The lowest BCUT2D eigenvalue weighted by Gasteiger charge is -2.60. The Kier molecular flexibility index (Phi) is 4.66. The van der Waals surface area contributed by atoms with E-state index in [0.717, 1.165) is 13.2 Å². The minimum Gasteiger partial charge on any atom is -0.376 e.